The van der Waals surface area contributed by atoms with Gasteiger partial charge >= 0.3 is 0 Å². The van der Waals surface area contributed by atoms with Gasteiger partial charge in [-0.2, -0.15) is 0 Å². The van der Waals surface area contributed by atoms with Crippen molar-refractivity contribution in [3.05, 3.63) is 134 Å². The molecular formula is C63H107N2O6P. The molecule has 3 atom stereocenters. The Hall–Kier alpha value is -3.36. The highest BCUT2D eigenvalue weighted by atomic mass is 31.2. The smallest absolute Gasteiger partial charge is 0.268 e. The first kappa shape index (κ1) is 68.6. The second kappa shape index (κ2) is 52.5. The number of carbonyl (C=O) groups excluding carboxylic acids is 1. The number of hydrogen-bond acceptors (Lipinski definition) is 6. The Labute approximate surface area is 443 Å². The molecule has 0 saturated heterocycles. The van der Waals surface area contributed by atoms with E-state index in [4.69, 9.17) is 9.05 Å². The molecule has 0 aliphatic carbocycles. The Morgan fingerprint density at radius 2 is 0.861 bits per heavy atom. The van der Waals surface area contributed by atoms with E-state index >= 15 is 0 Å². The van der Waals surface area contributed by atoms with E-state index in [-0.39, 0.29) is 12.5 Å². The van der Waals surface area contributed by atoms with Crippen LogP contribution in [0.15, 0.2) is 134 Å². The van der Waals surface area contributed by atoms with E-state index in [0.717, 1.165) is 109 Å². The van der Waals surface area contributed by atoms with Gasteiger partial charge in [-0.1, -0.05) is 225 Å². The molecular weight excluding hydrogens is 912 g/mol. The maximum atomic E-state index is 13.0. The zero-order chi connectivity index (χ0) is 52.7. The molecule has 8 nitrogen and oxygen atoms in total. The summed E-state index contributed by atoms with van der Waals surface area (Å²) in [4.78, 5) is 25.5. The largest absolute Gasteiger partial charge is 0.756 e. The minimum absolute atomic E-state index is 0.0179. The molecule has 0 aromatic heterocycles. The first-order valence-corrected chi connectivity index (χ1v) is 30.0. The molecule has 0 bridgehead atoms. The molecule has 0 spiro atoms. The number of likely N-dealkylation sites (N-methyl/N-ethyl adjacent to an activating group) is 1. The monoisotopic (exact) mass is 1020 g/mol. The average Bonchev–Trinajstić information content (AvgIpc) is 3.34. The lowest BCUT2D eigenvalue weighted by atomic mass is 10.1. The average molecular weight is 1020 g/mol. The van der Waals surface area contributed by atoms with Crippen LogP contribution in [0.5, 0.6) is 0 Å². The summed E-state index contributed by atoms with van der Waals surface area (Å²) in [6, 6.07) is -0.924. The van der Waals surface area contributed by atoms with Crippen molar-refractivity contribution in [3.8, 4) is 0 Å². The van der Waals surface area contributed by atoms with Crippen LogP contribution in [0.4, 0.5) is 0 Å². The summed E-state index contributed by atoms with van der Waals surface area (Å²) in [6.07, 6.45) is 79.5. The molecule has 0 fully saturated rings. The Morgan fingerprint density at radius 1 is 0.500 bits per heavy atom. The van der Waals surface area contributed by atoms with Crippen molar-refractivity contribution in [2.45, 2.75) is 219 Å². The number of nitrogens with zero attached hydrogens (tertiary/aromatic N) is 1. The highest BCUT2D eigenvalue weighted by Crippen LogP contribution is 2.38. The normalized spacial score (nSPS) is 14.9. The lowest BCUT2D eigenvalue weighted by Gasteiger charge is -2.29. The second-order valence-electron chi connectivity index (χ2n) is 19.9. The molecule has 0 aliphatic rings. The number of amides is 1. The molecule has 9 heteroatoms. The number of allylic oxidation sites excluding steroid dienone is 21. The van der Waals surface area contributed by atoms with Gasteiger partial charge < -0.3 is 28.8 Å². The number of unbranched alkanes of at least 4 members (excludes halogenated alkanes) is 17. The third kappa shape index (κ3) is 54.4. The van der Waals surface area contributed by atoms with E-state index in [0.29, 0.717) is 17.4 Å². The summed E-state index contributed by atoms with van der Waals surface area (Å²) in [5.41, 5.74) is 0. The summed E-state index contributed by atoms with van der Waals surface area (Å²) < 4.78 is 23.3. The van der Waals surface area contributed by atoms with Gasteiger partial charge in [-0.05, 0) is 109 Å². The molecule has 2 N–H and O–H groups in total. The molecule has 0 saturated carbocycles. The highest BCUT2D eigenvalue weighted by Gasteiger charge is 2.23. The number of aliphatic hydroxyl groups is 1. The van der Waals surface area contributed by atoms with Crippen LogP contribution in [-0.4, -0.2) is 68.5 Å². The first-order chi connectivity index (χ1) is 35.0. The number of hydrogen-bond donors (Lipinski definition) is 2. The Kier molecular flexibility index (Phi) is 50.1. The number of quaternary nitrogens is 1. The van der Waals surface area contributed by atoms with Gasteiger partial charge in [-0.3, -0.25) is 9.36 Å². The van der Waals surface area contributed by atoms with Gasteiger partial charge in [0.2, 0.25) is 5.91 Å². The summed E-state index contributed by atoms with van der Waals surface area (Å²) >= 11 is 0. The summed E-state index contributed by atoms with van der Waals surface area (Å²) in [7, 11) is 1.21. The molecule has 0 rings (SSSR count). The van der Waals surface area contributed by atoms with Crippen molar-refractivity contribution in [2.75, 3.05) is 40.9 Å². The molecule has 410 valence electrons. The second-order valence-corrected chi connectivity index (χ2v) is 21.3. The fraction of sp³-hybridized carbons (Fsp3) is 0.635. The van der Waals surface area contributed by atoms with E-state index in [9.17, 15) is 19.4 Å². The third-order valence-electron chi connectivity index (χ3n) is 11.8. The van der Waals surface area contributed by atoms with E-state index in [1.54, 1.807) is 6.08 Å². The maximum Gasteiger partial charge on any atom is 0.268 e. The van der Waals surface area contributed by atoms with Crippen molar-refractivity contribution in [1.82, 2.24) is 5.32 Å². The molecule has 0 radical (unpaired) electrons. The zero-order valence-electron chi connectivity index (χ0n) is 46.6. The number of phosphoric acid groups is 1. The molecule has 0 aromatic carbocycles. The van der Waals surface area contributed by atoms with E-state index in [1.807, 2.05) is 27.2 Å². The topological polar surface area (TPSA) is 108 Å². The van der Waals surface area contributed by atoms with Crippen molar-refractivity contribution in [2.24, 2.45) is 0 Å². The van der Waals surface area contributed by atoms with Crippen molar-refractivity contribution >= 4 is 13.7 Å². The minimum Gasteiger partial charge on any atom is -0.756 e. The summed E-state index contributed by atoms with van der Waals surface area (Å²) in [5, 5.41) is 13.8. The van der Waals surface area contributed by atoms with Gasteiger partial charge in [0.05, 0.1) is 39.9 Å². The predicted octanol–water partition coefficient (Wildman–Crippen LogP) is 16.9. The van der Waals surface area contributed by atoms with Gasteiger partial charge in [0.15, 0.2) is 0 Å². The van der Waals surface area contributed by atoms with Crippen LogP contribution in [0.25, 0.3) is 0 Å². The summed E-state index contributed by atoms with van der Waals surface area (Å²) in [6.45, 7) is 4.47. The highest BCUT2D eigenvalue weighted by molar-refractivity contribution is 7.45. The van der Waals surface area contributed by atoms with Crippen LogP contribution in [0.3, 0.4) is 0 Å². The van der Waals surface area contributed by atoms with E-state index in [2.05, 4.69) is 141 Å². The van der Waals surface area contributed by atoms with Crippen LogP contribution in [-0.2, 0) is 18.4 Å². The van der Waals surface area contributed by atoms with Gasteiger partial charge in [0.1, 0.15) is 13.2 Å². The van der Waals surface area contributed by atoms with E-state index in [1.165, 1.54) is 77.0 Å². The number of phosphoric ester groups is 1. The van der Waals surface area contributed by atoms with Crippen LogP contribution in [0.1, 0.15) is 206 Å². The fourth-order valence-corrected chi connectivity index (χ4v) is 8.10. The minimum atomic E-state index is -4.62. The lowest BCUT2D eigenvalue weighted by Crippen LogP contribution is -2.45. The number of aliphatic hydroxyl groups excluding tert-OH is 1. The number of nitrogens with one attached hydrogen (secondary N) is 1. The maximum absolute atomic E-state index is 13.0. The number of carbonyl (C=O) groups is 1. The standard InChI is InChI=1S/C63H107N2O6P/c1-6-8-10-12-14-16-18-20-22-24-25-26-27-28-29-30-31-32-33-34-35-36-37-38-39-41-43-45-47-49-51-53-55-57-63(67)64-61(60-71-72(68,69)70-59-58-65(3,4)5)62(66)56-54-52-50-48-46-44-42-40-23-21-19-17-15-13-11-9-7-2/h8,10,14,16,20,22-23,25-26,28-29,31-32,34-35,37-38,40,46,48,54,56,61-62,66H,6-7,9,11-13,15,17-19,21,24,27,30,33,36,39,41-45,47,49-53,55,57-60H2,1-5H3,(H-,64,67,68,69)/b10-8-,16-14-,22-20-,26-25-,29-28-,32-31-,35-34-,38-37-,40-23+,48-46+,56-54+. The molecule has 0 heterocycles. The van der Waals surface area contributed by atoms with Crippen LogP contribution in [0.2, 0.25) is 0 Å². The SMILES string of the molecule is CC/C=C\C/C=C\C/C=C\C/C=C\C/C=C\C/C=C\C/C=C\C/C=C\CCCCCCCCCCC(=O)NC(COP(=O)([O-])OCC[N+](C)(C)C)C(O)/C=C/CC/C=C/CC/C=C/CCCCCCCCC. The Morgan fingerprint density at radius 3 is 1.29 bits per heavy atom. The van der Waals surface area contributed by atoms with Gasteiger partial charge in [0, 0.05) is 6.42 Å². The lowest BCUT2D eigenvalue weighted by molar-refractivity contribution is -0.870. The Balaban J connectivity index is 4.28. The van der Waals surface area contributed by atoms with Gasteiger partial charge in [-0.15, -0.1) is 0 Å². The van der Waals surface area contributed by atoms with Crippen molar-refractivity contribution < 1.29 is 32.9 Å². The molecule has 72 heavy (non-hydrogen) atoms. The third-order valence-corrected chi connectivity index (χ3v) is 12.8. The quantitative estimate of drug-likeness (QED) is 0.0272. The summed E-state index contributed by atoms with van der Waals surface area (Å²) in [5.74, 6) is -0.226. The van der Waals surface area contributed by atoms with Gasteiger partial charge in [-0.25, -0.2) is 0 Å². The first-order valence-electron chi connectivity index (χ1n) is 28.5. The van der Waals surface area contributed by atoms with E-state index < -0.39 is 26.6 Å². The van der Waals surface area contributed by atoms with Crippen LogP contribution < -0.4 is 10.2 Å². The van der Waals surface area contributed by atoms with Gasteiger partial charge in [0.25, 0.3) is 7.82 Å². The fourth-order valence-electron chi connectivity index (χ4n) is 7.38. The molecule has 1 amide bonds. The van der Waals surface area contributed by atoms with Crippen LogP contribution >= 0.6 is 7.82 Å². The Bertz CT molecular complexity index is 1630. The predicted molar refractivity (Wildman–Crippen MR) is 311 cm³/mol. The molecule has 3 unspecified atom stereocenters. The van der Waals surface area contributed by atoms with Crippen molar-refractivity contribution in [3.63, 3.8) is 0 Å². The van der Waals surface area contributed by atoms with Crippen LogP contribution in [0, 0.1) is 0 Å². The zero-order valence-corrected chi connectivity index (χ0v) is 47.5. The molecule has 0 aromatic rings. The number of rotatable bonds is 50. The molecule has 0 aliphatic heterocycles. The van der Waals surface area contributed by atoms with Crippen molar-refractivity contribution in [1.29, 1.82) is 0 Å².